The highest BCUT2D eigenvalue weighted by Crippen LogP contribution is 2.74. The van der Waals surface area contributed by atoms with E-state index >= 15 is 0 Å². The molecule has 3 aromatic rings. The molecule has 9 aliphatic carbocycles. The van der Waals surface area contributed by atoms with Crippen LogP contribution in [0.25, 0.3) is 5.70 Å². The lowest BCUT2D eigenvalue weighted by molar-refractivity contribution is 0.0871. The third kappa shape index (κ3) is 5.85. The van der Waals surface area contributed by atoms with E-state index in [4.69, 9.17) is 4.99 Å². The average Bonchev–Trinajstić information content (AvgIpc) is 3.74. The van der Waals surface area contributed by atoms with Crippen LogP contribution in [-0.2, 0) is 10.8 Å². The van der Waals surface area contributed by atoms with Crippen LogP contribution in [0.1, 0.15) is 105 Å². The van der Waals surface area contributed by atoms with Crippen LogP contribution in [0.4, 0.5) is 0 Å². The summed E-state index contributed by atoms with van der Waals surface area (Å²) in [6.45, 7) is 2.36. The lowest BCUT2D eigenvalue weighted by Crippen LogP contribution is -2.58. The van der Waals surface area contributed by atoms with Crippen LogP contribution in [0.2, 0.25) is 0 Å². The molecule has 1 heteroatoms. The van der Waals surface area contributed by atoms with Crippen LogP contribution < -0.4 is 0 Å². The Kier molecular flexibility index (Phi) is 9.69. The molecule has 0 saturated heterocycles. The van der Waals surface area contributed by atoms with Crippen molar-refractivity contribution in [3.8, 4) is 0 Å². The van der Waals surface area contributed by atoms with E-state index in [-0.39, 0.29) is 10.8 Å². The van der Waals surface area contributed by atoms with Crippen molar-refractivity contribution in [2.24, 2.45) is 58.3 Å². The summed E-state index contributed by atoms with van der Waals surface area (Å²) in [5.41, 5.74) is 16.1. The fraction of sp³-hybridized carbons (Fsp3) is 0.359. The zero-order valence-corrected chi connectivity index (χ0v) is 38.1. The first kappa shape index (κ1) is 39.8. The van der Waals surface area contributed by atoms with E-state index in [2.05, 4.69) is 189 Å². The van der Waals surface area contributed by atoms with E-state index in [1.807, 2.05) is 0 Å². The van der Waals surface area contributed by atoms with Gasteiger partial charge >= 0.3 is 0 Å². The molecule has 1 aliphatic heterocycles. The van der Waals surface area contributed by atoms with Gasteiger partial charge in [-0.15, -0.1) is 0 Å². The van der Waals surface area contributed by atoms with Crippen molar-refractivity contribution < 1.29 is 0 Å². The molecule has 0 radical (unpaired) electrons. The van der Waals surface area contributed by atoms with Crippen molar-refractivity contribution >= 4 is 11.4 Å². The summed E-state index contributed by atoms with van der Waals surface area (Å²) >= 11 is 0. The lowest BCUT2D eigenvalue weighted by Gasteiger charge is -2.61. The Labute approximate surface area is 388 Å². The molecule has 1 saturated carbocycles. The lowest BCUT2D eigenvalue weighted by atomic mass is 9.41. The van der Waals surface area contributed by atoms with Crippen LogP contribution in [-0.4, -0.2) is 5.71 Å². The van der Waals surface area contributed by atoms with Crippen molar-refractivity contribution in [1.82, 2.24) is 0 Å². The summed E-state index contributed by atoms with van der Waals surface area (Å²) in [4.78, 5) is 5.64. The summed E-state index contributed by atoms with van der Waals surface area (Å²) in [5.74, 6) is 4.77. The third-order valence-corrected chi connectivity index (χ3v) is 18.5. The second-order valence-corrected chi connectivity index (χ2v) is 21.1. The molecule has 0 N–H and O–H groups in total. The first-order valence-electron chi connectivity index (χ1n) is 25.6. The van der Waals surface area contributed by atoms with E-state index in [0.717, 1.165) is 44.2 Å². The van der Waals surface area contributed by atoms with Crippen LogP contribution in [0.15, 0.2) is 209 Å². The number of nitrogens with zero attached hydrogens (tertiary/aromatic N) is 1. The first-order chi connectivity index (χ1) is 32.2. The highest BCUT2D eigenvalue weighted by atomic mass is 14.8. The molecule has 0 aromatic heterocycles. The first-order valence-corrected chi connectivity index (χ1v) is 25.6. The third-order valence-electron chi connectivity index (χ3n) is 18.5. The van der Waals surface area contributed by atoms with Gasteiger partial charge in [-0.3, -0.25) is 4.99 Å². The summed E-state index contributed by atoms with van der Waals surface area (Å²) in [7, 11) is 0. The number of hydrogen-bond acceptors (Lipinski definition) is 1. The summed E-state index contributed by atoms with van der Waals surface area (Å²) in [5, 5.41) is 0. The predicted octanol–water partition coefficient (Wildman–Crippen LogP) is 15.4. The zero-order valence-electron chi connectivity index (χ0n) is 38.1. The molecule has 1 nitrogen and oxygen atoms in total. The van der Waals surface area contributed by atoms with Gasteiger partial charge in [-0.05, 0) is 162 Å². The minimum atomic E-state index is -0.0994. The Morgan fingerprint density at radius 3 is 2.11 bits per heavy atom. The predicted molar refractivity (Wildman–Crippen MR) is 270 cm³/mol. The van der Waals surface area contributed by atoms with E-state index in [1.165, 1.54) is 53.7 Å². The van der Waals surface area contributed by atoms with Crippen LogP contribution in [0, 0.1) is 53.3 Å². The summed E-state index contributed by atoms with van der Waals surface area (Å²) in [6, 6.07) is 30.8. The second kappa shape index (κ2) is 15.8. The number of allylic oxidation sites excluding steroid dienone is 21. The Morgan fingerprint density at radius 2 is 1.34 bits per heavy atom. The van der Waals surface area contributed by atoms with E-state index in [9.17, 15) is 0 Å². The monoisotopic (exact) mass is 845 g/mol. The van der Waals surface area contributed by atoms with Crippen molar-refractivity contribution in [2.45, 2.75) is 87.9 Å². The maximum Gasteiger partial charge on any atom is 0.0668 e. The van der Waals surface area contributed by atoms with Gasteiger partial charge in [-0.25, -0.2) is 0 Å². The fourth-order valence-electron chi connectivity index (χ4n) is 16.0. The summed E-state index contributed by atoms with van der Waals surface area (Å²) in [6.07, 6.45) is 54.6. The molecule has 3 aromatic carbocycles. The molecule has 0 amide bonds. The van der Waals surface area contributed by atoms with Crippen LogP contribution >= 0.6 is 0 Å². The molecule has 13 rings (SSSR count). The molecule has 10 aliphatic rings. The van der Waals surface area contributed by atoms with Gasteiger partial charge in [0.2, 0.25) is 0 Å². The SMILES string of the molecule is CC[C@H]1CC(C2C=CCCC2)C=C(c2ccc(C3C=CC4=C(C3)C3(C5=C4C=CCC5)c4ccccc4C4(C5C=CC=CC5C5C=CC=CC54)C4C=CCCC43)cc2)N=C1c1ccccc1. The molecular formula is C64H63N. The Hall–Kier alpha value is -5.53. The van der Waals surface area contributed by atoms with E-state index in [1.54, 1.807) is 27.8 Å². The molecule has 324 valence electrons. The van der Waals surface area contributed by atoms with Crippen molar-refractivity contribution in [3.63, 3.8) is 0 Å². The van der Waals surface area contributed by atoms with Gasteiger partial charge in [-0.2, -0.15) is 0 Å². The molecule has 2 spiro atoms. The standard InChI is InChI=1S/C64H63N/c1-2-42-39-48(43-19-5-3-6-20-43)41-61(65-62(42)46-21-7-4-8-22-46)45-35-33-44(34-36-45)47-37-38-52-51-25-11-14-28-55(51)64(60(52)40-47)58-31-17-15-29-56(58)63(57-30-16-18-32-59(57)64)53-26-12-9-23-49(53)50-24-10-13-27-54(50)63/h4-5,7-13,15-17,19,21-27,29-31,33-38,41-43,47-50,53-54,57,59H,2-3,6,14,18,20,28,32,39-40H2,1H3/t42-,43?,47?,48?,49?,50?,53?,54?,57?,59?,63?,64?/m0/s1. The minimum absolute atomic E-state index is 0.00847. The van der Waals surface area contributed by atoms with Crippen LogP contribution in [0.3, 0.4) is 0 Å². The minimum Gasteiger partial charge on any atom is -0.252 e. The van der Waals surface area contributed by atoms with Gasteiger partial charge in [0, 0.05) is 22.7 Å². The average molecular weight is 846 g/mol. The highest BCUT2D eigenvalue weighted by Gasteiger charge is 2.70. The Bertz CT molecular complexity index is 2750. The molecule has 1 fully saturated rings. The zero-order chi connectivity index (χ0) is 43.1. The molecule has 65 heavy (non-hydrogen) atoms. The van der Waals surface area contributed by atoms with Crippen molar-refractivity contribution in [1.29, 1.82) is 0 Å². The van der Waals surface area contributed by atoms with Gasteiger partial charge < -0.3 is 0 Å². The number of fused-ring (bicyclic) bond motifs is 14. The number of benzene rings is 3. The van der Waals surface area contributed by atoms with E-state index < -0.39 is 0 Å². The molecule has 1 heterocycles. The topological polar surface area (TPSA) is 12.4 Å². The fourth-order valence-corrected chi connectivity index (χ4v) is 16.0. The molecule has 11 atom stereocenters. The quantitative estimate of drug-likeness (QED) is 0.227. The summed E-state index contributed by atoms with van der Waals surface area (Å²) < 4.78 is 0. The maximum atomic E-state index is 5.64. The second-order valence-electron chi connectivity index (χ2n) is 21.1. The number of hydrogen-bond donors (Lipinski definition) is 0. The molecule has 0 bridgehead atoms. The Morgan fingerprint density at radius 1 is 0.600 bits per heavy atom. The maximum absolute atomic E-state index is 5.64. The normalized spacial score (nSPS) is 36.8. The Balaban J connectivity index is 0.911. The van der Waals surface area contributed by atoms with Gasteiger partial charge in [-0.1, -0.05) is 189 Å². The van der Waals surface area contributed by atoms with Crippen molar-refractivity contribution in [3.05, 3.63) is 232 Å². The molecular weight excluding hydrogens is 783 g/mol. The van der Waals surface area contributed by atoms with Gasteiger partial charge in [0.1, 0.15) is 0 Å². The smallest absolute Gasteiger partial charge is 0.0668 e. The largest absolute Gasteiger partial charge is 0.252 e. The number of rotatable bonds is 5. The molecule has 10 unspecified atom stereocenters. The highest BCUT2D eigenvalue weighted by molar-refractivity contribution is 6.05. The van der Waals surface area contributed by atoms with Crippen LogP contribution in [0.5, 0.6) is 0 Å². The van der Waals surface area contributed by atoms with E-state index in [0.29, 0.717) is 59.2 Å². The van der Waals surface area contributed by atoms with Crippen molar-refractivity contribution in [2.75, 3.05) is 0 Å². The van der Waals surface area contributed by atoms with Gasteiger partial charge in [0.15, 0.2) is 0 Å². The van der Waals surface area contributed by atoms with Gasteiger partial charge in [0.25, 0.3) is 0 Å². The van der Waals surface area contributed by atoms with Gasteiger partial charge in [0.05, 0.1) is 11.4 Å². The number of aliphatic imine (C=N–C) groups is 1.